The van der Waals surface area contributed by atoms with Gasteiger partial charge in [0.1, 0.15) is 18.1 Å². The molecule has 0 aliphatic rings. The van der Waals surface area contributed by atoms with E-state index in [0.717, 1.165) is 0 Å². The monoisotopic (exact) mass is 411 g/mol. The van der Waals surface area contributed by atoms with Crippen LogP contribution in [0.1, 0.15) is 48.4 Å². The van der Waals surface area contributed by atoms with Crippen molar-refractivity contribution in [1.82, 2.24) is 25.2 Å². The molecule has 0 atom stereocenters. The van der Waals surface area contributed by atoms with E-state index >= 15 is 0 Å². The van der Waals surface area contributed by atoms with E-state index in [9.17, 15) is 9.59 Å². The number of carbonyl (C=O) groups excluding carboxylic acids is 1. The molecule has 0 saturated carbocycles. The van der Waals surface area contributed by atoms with Crippen molar-refractivity contribution in [2.75, 3.05) is 13.2 Å². The summed E-state index contributed by atoms with van der Waals surface area (Å²) in [6.07, 6.45) is 1.22. The molecule has 0 aliphatic heterocycles. The number of hydrogen-bond acceptors (Lipinski definition) is 7. The molecule has 9 heteroatoms. The summed E-state index contributed by atoms with van der Waals surface area (Å²) in [5.74, 6) is 1.80. The first-order chi connectivity index (χ1) is 14.5. The summed E-state index contributed by atoms with van der Waals surface area (Å²) in [7, 11) is 0. The number of aromatic nitrogens is 4. The lowest BCUT2D eigenvalue weighted by atomic mass is 10.2. The third-order valence-electron chi connectivity index (χ3n) is 4.27. The first-order valence-electron chi connectivity index (χ1n) is 9.89. The summed E-state index contributed by atoms with van der Waals surface area (Å²) in [6, 6.07) is 12.0. The van der Waals surface area contributed by atoms with Crippen molar-refractivity contribution < 1.29 is 14.1 Å². The Labute approximate surface area is 174 Å². The predicted octanol–water partition coefficient (Wildman–Crippen LogP) is 2.19. The molecule has 0 bridgehead atoms. The summed E-state index contributed by atoms with van der Waals surface area (Å²) < 4.78 is 12.0. The van der Waals surface area contributed by atoms with E-state index < -0.39 is 0 Å². The molecule has 1 aromatic carbocycles. The topological polar surface area (TPSA) is 112 Å². The van der Waals surface area contributed by atoms with E-state index in [2.05, 4.69) is 20.6 Å². The highest BCUT2D eigenvalue weighted by molar-refractivity contribution is 5.91. The quantitative estimate of drug-likeness (QED) is 0.509. The van der Waals surface area contributed by atoms with Crippen LogP contribution in [0.3, 0.4) is 0 Å². The van der Waals surface area contributed by atoms with Gasteiger partial charge in [-0.3, -0.25) is 9.59 Å². The lowest BCUT2D eigenvalue weighted by Crippen LogP contribution is -2.31. The maximum Gasteiger partial charge on any atom is 0.271 e. The Morgan fingerprint density at radius 1 is 1.20 bits per heavy atom. The number of amides is 1. The van der Waals surface area contributed by atoms with Gasteiger partial charge in [0.15, 0.2) is 5.82 Å². The smallest absolute Gasteiger partial charge is 0.271 e. The molecule has 158 valence electrons. The van der Waals surface area contributed by atoms with Crippen LogP contribution in [0.4, 0.5) is 0 Å². The molecule has 0 radical (unpaired) electrons. The number of nitrogens with one attached hydrogen (secondary N) is 1. The van der Waals surface area contributed by atoms with Crippen molar-refractivity contribution in [3.8, 4) is 5.75 Å². The van der Waals surface area contributed by atoms with Gasteiger partial charge in [-0.1, -0.05) is 37.2 Å². The third kappa shape index (κ3) is 6.00. The minimum atomic E-state index is -0.346. The number of rotatable bonds is 10. The van der Waals surface area contributed by atoms with Crippen LogP contribution in [-0.4, -0.2) is 39.0 Å². The van der Waals surface area contributed by atoms with Crippen LogP contribution in [0.15, 0.2) is 51.8 Å². The number of benzene rings is 1. The Kier molecular flexibility index (Phi) is 7.31. The van der Waals surface area contributed by atoms with Crippen LogP contribution < -0.4 is 15.6 Å². The minimum Gasteiger partial charge on any atom is -0.492 e. The highest BCUT2D eigenvalue weighted by Gasteiger charge is 2.11. The van der Waals surface area contributed by atoms with E-state index in [1.54, 1.807) is 0 Å². The fourth-order valence-electron chi connectivity index (χ4n) is 2.63. The lowest BCUT2D eigenvalue weighted by molar-refractivity contribution is 0.0945. The molecular formula is C21H25N5O4. The maximum absolute atomic E-state index is 12.3. The van der Waals surface area contributed by atoms with Crippen LogP contribution in [0.2, 0.25) is 0 Å². The maximum atomic E-state index is 12.3. The number of para-hydroxylation sites is 1. The van der Waals surface area contributed by atoms with E-state index in [4.69, 9.17) is 9.26 Å². The van der Waals surface area contributed by atoms with Gasteiger partial charge >= 0.3 is 0 Å². The standard InChI is InChI=1S/C21H25N5O4/c1-15(2)20-23-18(30-25-20)9-6-12-22-21(28)17-10-11-19(27)26(24-17)13-14-29-16-7-4-3-5-8-16/h3-5,7-8,10-11,15H,6,9,12-14H2,1-2H3,(H,22,28). The highest BCUT2D eigenvalue weighted by atomic mass is 16.5. The SMILES string of the molecule is CC(C)c1noc(CCCNC(=O)c2ccc(=O)n(CCOc3ccccc3)n2)n1. The number of carbonyl (C=O) groups is 1. The van der Waals surface area contributed by atoms with Gasteiger partial charge in [-0.15, -0.1) is 0 Å². The second kappa shape index (κ2) is 10.3. The molecule has 0 aliphatic carbocycles. The molecule has 0 saturated heterocycles. The fourth-order valence-corrected chi connectivity index (χ4v) is 2.63. The Morgan fingerprint density at radius 3 is 2.73 bits per heavy atom. The highest BCUT2D eigenvalue weighted by Crippen LogP contribution is 2.10. The first-order valence-corrected chi connectivity index (χ1v) is 9.89. The molecule has 0 unspecified atom stereocenters. The minimum absolute atomic E-state index is 0.175. The second-order valence-electron chi connectivity index (χ2n) is 7.00. The molecule has 9 nitrogen and oxygen atoms in total. The Hall–Kier alpha value is -3.49. The van der Waals surface area contributed by atoms with Crippen LogP contribution >= 0.6 is 0 Å². The molecule has 2 heterocycles. The Morgan fingerprint density at radius 2 is 2.00 bits per heavy atom. The summed E-state index contributed by atoms with van der Waals surface area (Å²) in [4.78, 5) is 28.6. The average molecular weight is 411 g/mol. The third-order valence-corrected chi connectivity index (χ3v) is 4.27. The van der Waals surface area contributed by atoms with Gasteiger partial charge in [0, 0.05) is 24.9 Å². The summed E-state index contributed by atoms with van der Waals surface area (Å²) in [6.45, 7) is 4.93. The lowest BCUT2D eigenvalue weighted by Gasteiger charge is -2.09. The normalized spacial score (nSPS) is 10.9. The van der Waals surface area contributed by atoms with Crippen LogP contribution in [0.25, 0.3) is 0 Å². The zero-order valence-electron chi connectivity index (χ0n) is 17.1. The van der Waals surface area contributed by atoms with Gasteiger partial charge < -0.3 is 14.6 Å². The largest absolute Gasteiger partial charge is 0.492 e. The second-order valence-corrected chi connectivity index (χ2v) is 7.00. The molecule has 1 N–H and O–H groups in total. The Bertz CT molecular complexity index is 1010. The van der Waals surface area contributed by atoms with E-state index in [1.165, 1.54) is 16.8 Å². The average Bonchev–Trinajstić information content (AvgIpc) is 3.22. The van der Waals surface area contributed by atoms with Crippen molar-refractivity contribution >= 4 is 5.91 Å². The molecule has 1 amide bonds. The molecule has 0 spiro atoms. The van der Waals surface area contributed by atoms with Crippen LogP contribution in [0, 0.1) is 0 Å². The van der Waals surface area contributed by atoms with Gasteiger partial charge in [0.25, 0.3) is 11.5 Å². The van der Waals surface area contributed by atoms with Gasteiger partial charge in [-0.25, -0.2) is 4.68 Å². The molecule has 30 heavy (non-hydrogen) atoms. The van der Waals surface area contributed by atoms with E-state index in [-0.39, 0.29) is 36.2 Å². The van der Waals surface area contributed by atoms with Crippen molar-refractivity contribution in [3.05, 3.63) is 70.2 Å². The van der Waals surface area contributed by atoms with Crippen molar-refractivity contribution in [3.63, 3.8) is 0 Å². The van der Waals surface area contributed by atoms with Gasteiger partial charge in [-0.2, -0.15) is 10.1 Å². The van der Waals surface area contributed by atoms with Gasteiger partial charge in [0.2, 0.25) is 5.89 Å². The molecular weight excluding hydrogens is 386 g/mol. The van der Waals surface area contributed by atoms with Crippen molar-refractivity contribution in [1.29, 1.82) is 0 Å². The van der Waals surface area contributed by atoms with E-state index in [0.29, 0.717) is 36.9 Å². The molecule has 0 fully saturated rings. The van der Waals surface area contributed by atoms with Crippen molar-refractivity contribution in [2.24, 2.45) is 0 Å². The number of hydrogen-bond donors (Lipinski definition) is 1. The Balaban J connectivity index is 1.46. The molecule has 3 rings (SSSR count). The van der Waals surface area contributed by atoms with Gasteiger partial charge in [-0.05, 0) is 24.6 Å². The number of nitrogens with zero attached hydrogens (tertiary/aromatic N) is 4. The zero-order chi connectivity index (χ0) is 21.3. The van der Waals surface area contributed by atoms with Gasteiger partial charge in [0.05, 0.1) is 6.54 Å². The summed E-state index contributed by atoms with van der Waals surface area (Å²) >= 11 is 0. The zero-order valence-corrected chi connectivity index (χ0v) is 17.1. The van der Waals surface area contributed by atoms with Crippen molar-refractivity contribution in [2.45, 2.75) is 39.2 Å². The number of aryl methyl sites for hydroxylation is 1. The number of ether oxygens (including phenoxy) is 1. The van der Waals surface area contributed by atoms with Crippen LogP contribution in [0.5, 0.6) is 5.75 Å². The molecule has 2 aromatic heterocycles. The first kappa shape index (κ1) is 21.2. The predicted molar refractivity (Wildman–Crippen MR) is 109 cm³/mol. The van der Waals surface area contributed by atoms with Crippen LogP contribution in [-0.2, 0) is 13.0 Å². The summed E-state index contributed by atoms with van der Waals surface area (Å²) in [5, 5.41) is 10.8. The fraction of sp³-hybridized carbons (Fsp3) is 0.381. The van der Waals surface area contributed by atoms with E-state index in [1.807, 2.05) is 44.2 Å². The summed E-state index contributed by atoms with van der Waals surface area (Å²) in [5.41, 5.74) is -0.116. The molecule has 3 aromatic rings.